The van der Waals surface area contributed by atoms with E-state index in [1.165, 1.54) is 12.1 Å². The van der Waals surface area contributed by atoms with Gasteiger partial charge in [-0.3, -0.25) is 10.1 Å². The Labute approximate surface area is 149 Å². The molecule has 2 aromatic carbocycles. The van der Waals surface area contributed by atoms with Crippen molar-refractivity contribution in [2.45, 2.75) is 6.92 Å². The molecule has 0 aliphatic rings. The molecule has 0 unspecified atom stereocenters. The lowest BCUT2D eigenvalue weighted by atomic mass is 10.1. The van der Waals surface area contributed by atoms with Gasteiger partial charge in [0.05, 0.1) is 17.1 Å². The lowest BCUT2D eigenvalue weighted by molar-refractivity contribution is -0.382. The van der Waals surface area contributed by atoms with Gasteiger partial charge in [-0.15, -0.1) is 0 Å². The Bertz CT molecular complexity index is 1160. The number of ether oxygens (including phenoxy) is 1. The van der Waals surface area contributed by atoms with Crippen LogP contribution in [0.1, 0.15) is 17.3 Å². The maximum atomic E-state index is 11.7. The Hall–Kier alpha value is -4.09. The zero-order valence-corrected chi connectivity index (χ0v) is 13.7. The van der Waals surface area contributed by atoms with Crippen molar-refractivity contribution in [2.75, 3.05) is 11.9 Å². The van der Waals surface area contributed by atoms with Crippen molar-refractivity contribution >= 4 is 45.1 Å². The smallest absolute Gasteiger partial charge is 0.338 e. The summed E-state index contributed by atoms with van der Waals surface area (Å²) in [4.78, 5) is 22.7. The normalized spacial score (nSPS) is 11.0. The van der Waals surface area contributed by atoms with E-state index in [1.807, 2.05) is 0 Å². The van der Waals surface area contributed by atoms with Crippen LogP contribution >= 0.6 is 0 Å². The van der Waals surface area contributed by atoms with Crippen LogP contribution in [0.15, 0.2) is 33.5 Å². The third-order valence-electron chi connectivity index (χ3n) is 3.75. The molecule has 0 spiro atoms. The number of benzene rings is 2. The third-order valence-corrected chi connectivity index (χ3v) is 3.75. The molecule has 12 nitrogen and oxygen atoms in total. The first-order valence-electron chi connectivity index (χ1n) is 7.69. The van der Waals surface area contributed by atoms with E-state index in [-0.39, 0.29) is 40.0 Å². The molecule has 4 aromatic rings. The summed E-state index contributed by atoms with van der Waals surface area (Å²) in [6.07, 6.45) is 0. The van der Waals surface area contributed by atoms with Gasteiger partial charge in [0.2, 0.25) is 5.52 Å². The van der Waals surface area contributed by atoms with E-state index in [9.17, 15) is 14.9 Å². The molecule has 0 saturated heterocycles. The van der Waals surface area contributed by atoms with E-state index in [2.05, 4.69) is 30.6 Å². The molecule has 0 aliphatic carbocycles. The highest BCUT2D eigenvalue weighted by Gasteiger charge is 2.30. The summed E-state index contributed by atoms with van der Waals surface area (Å²) in [6.45, 7) is 1.97. The van der Waals surface area contributed by atoms with Crippen LogP contribution in [0.5, 0.6) is 0 Å². The summed E-state index contributed by atoms with van der Waals surface area (Å²) < 4.78 is 14.2. The third kappa shape index (κ3) is 2.68. The van der Waals surface area contributed by atoms with E-state index >= 15 is 0 Å². The average molecular weight is 370 g/mol. The van der Waals surface area contributed by atoms with Gasteiger partial charge in [-0.1, -0.05) is 0 Å². The van der Waals surface area contributed by atoms with Gasteiger partial charge < -0.3 is 10.1 Å². The number of fused-ring (bicyclic) bond motifs is 3. The molecule has 0 aliphatic heterocycles. The maximum absolute atomic E-state index is 11.7. The van der Waals surface area contributed by atoms with Crippen molar-refractivity contribution in [3.63, 3.8) is 0 Å². The minimum Gasteiger partial charge on any atom is -0.462 e. The minimum atomic E-state index is -0.629. The van der Waals surface area contributed by atoms with Crippen molar-refractivity contribution in [3.05, 3.63) is 39.9 Å². The largest absolute Gasteiger partial charge is 0.462 e. The van der Waals surface area contributed by atoms with Gasteiger partial charge in [0.1, 0.15) is 0 Å². The van der Waals surface area contributed by atoms with Crippen LogP contribution in [0.25, 0.3) is 22.1 Å². The lowest BCUT2D eigenvalue weighted by Crippen LogP contribution is -2.04. The SMILES string of the molecule is CCOC(=O)c1ccc(Nc2c([N+](=O)[O-])c3nonc3c3nonc23)cc1. The minimum absolute atomic E-state index is 0.0170. The standard InChI is InChI=1S/C15H10N6O6/c1-2-25-15(22)7-3-5-8(6-4-7)16-12-10-9(17-26-18-10)11-13(20-27-19-11)14(12)21(23)24/h3-6,16H,2H2,1H3. The Kier molecular flexibility index (Phi) is 3.84. The second-order valence-corrected chi connectivity index (χ2v) is 5.33. The van der Waals surface area contributed by atoms with Crippen molar-refractivity contribution < 1.29 is 23.7 Å². The van der Waals surface area contributed by atoms with Crippen LogP contribution in [-0.4, -0.2) is 38.1 Å². The Balaban J connectivity index is 1.81. The molecular formula is C15H10N6O6. The average Bonchev–Trinajstić information content (AvgIpc) is 3.31. The summed E-state index contributed by atoms with van der Waals surface area (Å²) in [5.41, 5.74) is 0.691. The highest BCUT2D eigenvalue weighted by molar-refractivity contribution is 6.12. The second-order valence-electron chi connectivity index (χ2n) is 5.33. The van der Waals surface area contributed by atoms with Crippen LogP contribution in [-0.2, 0) is 4.74 Å². The van der Waals surface area contributed by atoms with Gasteiger partial charge in [-0.05, 0) is 51.8 Å². The fraction of sp³-hybridized carbons (Fsp3) is 0.133. The van der Waals surface area contributed by atoms with Crippen molar-refractivity contribution in [1.82, 2.24) is 20.6 Å². The van der Waals surface area contributed by atoms with Gasteiger partial charge in [0, 0.05) is 5.69 Å². The number of esters is 1. The predicted molar refractivity (Wildman–Crippen MR) is 89.5 cm³/mol. The molecule has 0 radical (unpaired) electrons. The quantitative estimate of drug-likeness (QED) is 0.312. The first-order chi connectivity index (χ1) is 13.1. The number of nitro benzene ring substituents is 1. The molecule has 27 heavy (non-hydrogen) atoms. The molecular weight excluding hydrogens is 360 g/mol. The molecule has 2 aromatic heterocycles. The molecule has 2 heterocycles. The first-order valence-corrected chi connectivity index (χ1v) is 7.69. The van der Waals surface area contributed by atoms with Crippen LogP contribution in [0.4, 0.5) is 17.1 Å². The number of hydrogen-bond acceptors (Lipinski definition) is 11. The van der Waals surface area contributed by atoms with Crippen LogP contribution in [0, 0.1) is 10.1 Å². The number of rotatable bonds is 5. The maximum Gasteiger partial charge on any atom is 0.338 e. The number of nitrogens with one attached hydrogen (secondary N) is 1. The summed E-state index contributed by atoms with van der Waals surface area (Å²) in [6, 6.07) is 6.20. The Morgan fingerprint density at radius 3 is 2.30 bits per heavy atom. The van der Waals surface area contributed by atoms with Crippen LogP contribution in [0.3, 0.4) is 0 Å². The topological polar surface area (TPSA) is 159 Å². The highest BCUT2D eigenvalue weighted by Crippen LogP contribution is 2.40. The zero-order chi connectivity index (χ0) is 19.0. The Morgan fingerprint density at radius 1 is 1.07 bits per heavy atom. The summed E-state index contributed by atoms with van der Waals surface area (Å²) in [5, 5.41) is 29.2. The number of nitro groups is 1. The van der Waals surface area contributed by atoms with E-state index in [0.29, 0.717) is 11.3 Å². The fourth-order valence-electron chi connectivity index (χ4n) is 2.58. The number of carbonyl (C=O) groups excluding carboxylic acids is 1. The number of aromatic nitrogens is 4. The molecule has 0 amide bonds. The van der Waals surface area contributed by atoms with Crippen molar-refractivity contribution in [3.8, 4) is 0 Å². The number of nitrogens with zero attached hydrogens (tertiary/aromatic N) is 5. The van der Waals surface area contributed by atoms with Crippen LogP contribution < -0.4 is 5.32 Å². The van der Waals surface area contributed by atoms with E-state index in [4.69, 9.17) is 9.37 Å². The first kappa shape index (κ1) is 16.4. The molecule has 0 saturated carbocycles. The molecule has 0 bridgehead atoms. The van der Waals surface area contributed by atoms with Crippen molar-refractivity contribution in [2.24, 2.45) is 0 Å². The fourth-order valence-corrected chi connectivity index (χ4v) is 2.58. The molecule has 4 rings (SSSR count). The molecule has 1 N–H and O–H groups in total. The second kappa shape index (κ2) is 6.33. The number of hydrogen-bond donors (Lipinski definition) is 1. The van der Waals surface area contributed by atoms with Gasteiger partial charge in [0.15, 0.2) is 22.2 Å². The van der Waals surface area contributed by atoms with E-state index in [0.717, 1.165) is 0 Å². The number of anilines is 2. The van der Waals surface area contributed by atoms with E-state index < -0.39 is 10.9 Å². The Morgan fingerprint density at radius 2 is 1.67 bits per heavy atom. The van der Waals surface area contributed by atoms with Gasteiger partial charge in [-0.2, -0.15) is 0 Å². The van der Waals surface area contributed by atoms with Gasteiger partial charge in [-0.25, -0.2) is 14.1 Å². The molecule has 136 valence electrons. The van der Waals surface area contributed by atoms with Gasteiger partial charge >= 0.3 is 11.7 Å². The van der Waals surface area contributed by atoms with Gasteiger partial charge in [0.25, 0.3) is 0 Å². The van der Waals surface area contributed by atoms with Crippen LogP contribution in [0.2, 0.25) is 0 Å². The summed E-state index contributed by atoms with van der Waals surface area (Å²) >= 11 is 0. The molecule has 12 heteroatoms. The predicted octanol–water partition coefficient (Wildman–Crippen LogP) is 2.59. The summed E-state index contributed by atoms with van der Waals surface area (Å²) in [7, 11) is 0. The molecule has 0 atom stereocenters. The highest BCUT2D eigenvalue weighted by atomic mass is 16.6. The van der Waals surface area contributed by atoms with E-state index in [1.54, 1.807) is 19.1 Å². The van der Waals surface area contributed by atoms with Crippen molar-refractivity contribution in [1.29, 1.82) is 0 Å². The number of carbonyl (C=O) groups is 1. The monoisotopic (exact) mass is 370 g/mol. The summed E-state index contributed by atoms with van der Waals surface area (Å²) in [5.74, 6) is -0.465. The zero-order valence-electron chi connectivity index (χ0n) is 13.7. The lowest BCUT2D eigenvalue weighted by Gasteiger charge is -2.08. The molecule has 0 fully saturated rings.